The van der Waals surface area contributed by atoms with Crippen LogP contribution in [0, 0.1) is 0 Å². The highest BCUT2D eigenvalue weighted by molar-refractivity contribution is 6.45. The number of fused-ring (bicyclic) bond motifs is 1. The lowest BCUT2D eigenvalue weighted by Gasteiger charge is -2.27. The third-order valence-electron chi connectivity index (χ3n) is 6.60. The molecule has 0 saturated heterocycles. The number of likely N-dealkylation sites (N-methyl/N-ethyl adjacent to an activating group) is 1. The van der Waals surface area contributed by atoms with E-state index in [1.165, 1.54) is 29.4 Å². The number of carbonyl (C=O) groups excluding carboxylic acids is 1. The van der Waals surface area contributed by atoms with Gasteiger partial charge in [0.25, 0.3) is 5.91 Å². The number of amides is 1. The molecule has 2 unspecified atom stereocenters. The molecule has 172 valence electrons. The van der Waals surface area contributed by atoms with Crippen molar-refractivity contribution in [3.8, 4) is 0 Å². The van der Waals surface area contributed by atoms with Crippen LogP contribution in [0.4, 0.5) is 0 Å². The normalized spacial score (nSPS) is 18.9. The Balaban J connectivity index is 1.33. The molecule has 5 rings (SSSR count). The molecular weight excluding hydrogens is 426 g/mol. The summed E-state index contributed by atoms with van der Waals surface area (Å²) in [4.78, 5) is 22.9. The number of hydrogen-bond acceptors (Lipinski definition) is 5. The summed E-state index contributed by atoms with van der Waals surface area (Å²) in [5.41, 5.74) is 8.07. The van der Waals surface area contributed by atoms with Gasteiger partial charge in [-0.1, -0.05) is 83.1 Å². The average Bonchev–Trinajstić information content (AvgIpc) is 3.30. The molecule has 1 N–H and O–H groups in total. The second kappa shape index (κ2) is 9.51. The Morgan fingerprint density at radius 3 is 2.50 bits per heavy atom. The molecule has 1 aliphatic heterocycles. The zero-order valence-corrected chi connectivity index (χ0v) is 19.3. The number of hydrogen-bond donors (Lipinski definition) is 1. The van der Waals surface area contributed by atoms with Crippen molar-refractivity contribution in [2.75, 3.05) is 14.2 Å². The Labute approximate surface area is 199 Å². The predicted molar refractivity (Wildman–Crippen MR) is 132 cm³/mol. The second-order valence-corrected chi connectivity index (χ2v) is 8.57. The standard InChI is InChI=1S/C28H27N3O3/c1-29-28(32)26(31-33-2)23-9-5-6-10-24(23)27-25(30-34-27)17-18-11-13-20(14-12-18)22-16-15-19-7-3-4-8-21(19)22/h3-14,22,27H,15-17H2,1-2H3,(H,29,32). The van der Waals surface area contributed by atoms with Crippen LogP contribution in [0.15, 0.2) is 83.1 Å². The van der Waals surface area contributed by atoms with Gasteiger partial charge < -0.3 is 15.0 Å². The summed E-state index contributed by atoms with van der Waals surface area (Å²) >= 11 is 0. The van der Waals surface area contributed by atoms with Crippen LogP contribution in [-0.4, -0.2) is 31.5 Å². The van der Waals surface area contributed by atoms with Gasteiger partial charge in [0.15, 0.2) is 11.8 Å². The average molecular weight is 454 g/mol. The van der Waals surface area contributed by atoms with E-state index < -0.39 is 0 Å². The fourth-order valence-electron chi connectivity index (χ4n) is 4.89. The topological polar surface area (TPSA) is 72.3 Å². The first kappa shape index (κ1) is 21.9. The summed E-state index contributed by atoms with van der Waals surface area (Å²) in [6.45, 7) is 0. The van der Waals surface area contributed by atoms with Crippen LogP contribution in [0.25, 0.3) is 0 Å². The molecule has 0 bridgehead atoms. The van der Waals surface area contributed by atoms with Crippen LogP contribution >= 0.6 is 0 Å². The smallest absolute Gasteiger partial charge is 0.273 e. The van der Waals surface area contributed by atoms with E-state index in [1.54, 1.807) is 7.05 Å². The van der Waals surface area contributed by atoms with Crippen LogP contribution < -0.4 is 5.32 Å². The van der Waals surface area contributed by atoms with Crippen molar-refractivity contribution in [1.82, 2.24) is 5.32 Å². The summed E-state index contributed by atoms with van der Waals surface area (Å²) < 4.78 is 0. The SMILES string of the molecule is CNC(=O)C(=NOC)c1ccccc1C1ON=C1Cc1ccc(C2CCc3ccccc32)cc1. The van der Waals surface area contributed by atoms with Crippen molar-refractivity contribution in [3.05, 3.63) is 106 Å². The lowest BCUT2D eigenvalue weighted by atomic mass is 9.90. The summed E-state index contributed by atoms with van der Waals surface area (Å²) in [5.74, 6) is 0.147. The van der Waals surface area contributed by atoms with Crippen LogP contribution in [0.5, 0.6) is 0 Å². The molecule has 0 radical (unpaired) electrons. The molecule has 2 aliphatic rings. The zero-order valence-electron chi connectivity index (χ0n) is 19.3. The third kappa shape index (κ3) is 4.07. The van der Waals surface area contributed by atoms with E-state index in [0.717, 1.165) is 24.1 Å². The first-order valence-electron chi connectivity index (χ1n) is 11.5. The summed E-state index contributed by atoms with van der Waals surface area (Å²) in [5, 5.41) is 10.8. The monoisotopic (exact) mass is 453 g/mol. The fraction of sp³-hybridized carbons (Fsp3) is 0.250. The highest BCUT2D eigenvalue weighted by atomic mass is 16.7. The summed E-state index contributed by atoms with van der Waals surface area (Å²) in [7, 11) is 2.99. The van der Waals surface area contributed by atoms with Gasteiger partial charge in [0.2, 0.25) is 0 Å². The van der Waals surface area contributed by atoms with Gasteiger partial charge in [-0.25, -0.2) is 0 Å². The molecule has 6 heteroatoms. The molecule has 1 aliphatic carbocycles. The van der Waals surface area contributed by atoms with Gasteiger partial charge in [0.1, 0.15) is 12.8 Å². The minimum absolute atomic E-state index is 0.205. The maximum absolute atomic E-state index is 12.4. The van der Waals surface area contributed by atoms with Crippen molar-refractivity contribution in [2.24, 2.45) is 10.3 Å². The van der Waals surface area contributed by atoms with Crippen LogP contribution in [0.1, 0.15) is 51.8 Å². The minimum Gasteiger partial charge on any atom is -0.398 e. The van der Waals surface area contributed by atoms with Gasteiger partial charge in [0.05, 0.1) is 0 Å². The van der Waals surface area contributed by atoms with E-state index in [2.05, 4.69) is 64.2 Å². The molecule has 0 aromatic heterocycles. The zero-order chi connectivity index (χ0) is 23.5. The largest absolute Gasteiger partial charge is 0.398 e. The van der Waals surface area contributed by atoms with E-state index in [0.29, 0.717) is 17.9 Å². The lowest BCUT2D eigenvalue weighted by molar-refractivity contribution is -0.114. The van der Waals surface area contributed by atoms with Gasteiger partial charge in [-0.2, -0.15) is 0 Å². The molecule has 1 amide bonds. The van der Waals surface area contributed by atoms with Crippen molar-refractivity contribution < 1.29 is 14.5 Å². The first-order chi connectivity index (χ1) is 16.7. The maximum Gasteiger partial charge on any atom is 0.273 e. The highest BCUT2D eigenvalue weighted by Crippen LogP contribution is 2.38. The van der Waals surface area contributed by atoms with Gasteiger partial charge in [-0.3, -0.25) is 4.79 Å². The minimum atomic E-state index is -0.329. The van der Waals surface area contributed by atoms with Gasteiger partial charge >= 0.3 is 0 Å². The molecular formula is C28H27N3O3. The molecule has 34 heavy (non-hydrogen) atoms. The van der Waals surface area contributed by atoms with E-state index >= 15 is 0 Å². The summed E-state index contributed by atoms with van der Waals surface area (Å²) in [6, 6.07) is 25.1. The molecule has 3 aromatic rings. The number of nitrogens with one attached hydrogen (secondary N) is 1. The van der Waals surface area contributed by atoms with Crippen LogP contribution in [-0.2, 0) is 27.3 Å². The van der Waals surface area contributed by atoms with Crippen molar-refractivity contribution in [1.29, 1.82) is 0 Å². The maximum atomic E-state index is 12.4. The Kier molecular flexibility index (Phi) is 6.12. The molecule has 1 heterocycles. The van der Waals surface area contributed by atoms with E-state index in [4.69, 9.17) is 9.68 Å². The summed E-state index contributed by atoms with van der Waals surface area (Å²) in [6.07, 6.45) is 2.65. The van der Waals surface area contributed by atoms with Crippen molar-refractivity contribution in [2.45, 2.75) is 31.3 Å². The Morgan fingerprint density at radius 1 is 1.06 bits per heavy atom. The van der Waals surface area contributed by atoms with Crippen LogP contribution in [0.2, 0.25) is 0 Å². The molecule has 3 aromatic carbocycles. The Bertz CT molecular complexity index is 1260. The number of oxime groups is 2. The number of benzene rings is 3. The van der Waals surface area contributed by atoms with Gasteiger partial charge in [0, 0.05) is 30.5 Å². The molecule has 0 saturated carbocycles. The fourth-order valence-corrected chi connectivity index (χ4v) is 4.89. The molecule has 2 atom stereocenters. The van der Waals surface area contributed by atoms with Gasteiger partial charge in [-0.15, -0.1) is 0 Å². The predicted octanol–water partition coefficient (Wildman–Crippen LogP) is 4.53. The number of rotatable bonds is 7. The highest BCUT2D eigenvalue weighted by Gasteiger charge is 2.33. The van der Waals surface area contributed by atoms with E-state index in [1.807, 2.05) is 24.3 Å². The number of nitrogens with zero attached hydrogens (tertiary/aromatic N) is 2. The van der Waals surface area contributed by atoms with Crippen LogP contribution in [0.3, 0.4) is 0 Å². The van der Waals surface area contributed by atoms with Crippen molar-refractivity contribution in [3.63, 3.8) is 0 Å². The number of aryl methyl sites for hydroxylation is 1. The van der Waals surface area contributed by atoms with E-state index in [9.17, 15) is 4.79 Å². The quantitative estimate of drug-likeness (QED) is 0.422. The molecule has 6 nitrogen and oxygen atoms in total. The van der Waals surface area contributed by atoms with Crippen molar-refractivity contribution >= 4 is 17.3 Å². The molecule has 0 spiro atoms. The Hall–Kier alpha value is -3.93. The Morgan fingerprint density at radius 2 is 1.79 bits per heavy atom. The third-order valence-corrected chi connectivity index (χ3v) is 6.60. The first-order valence-corrected chi connectivity index (χ1v) is 11.5. The number of carbonyl (C=O) groups is 1. The molecule has 0 fully saturated rings. The van der Waals surface area contributed by atoms with E-state index in [-0.39, 0.29) is 17.7 Å². The lowest BCUT2D eigenvalue weighted by Crippen LogP contribution is -2.32. The second-order valence-electron chi connectivity index (χ2n) is 8.57. The van der Waals surface area contributed by atoms with Gasteiger partial charge in [-0.05, 0) is 35.1 Å².